The highest BCUT2D eigenvalue weighted by atomic mass is 35.5. The van der Waals surface area contributed by atoms with Crippen molar-refractivity contribution >= 4 is 29.3 Å². The summed E-state index contributed by atoms with van der Waals surface area (Å²) < 4.78 is 10.2. The second-order valence-corrected chi connectivity index (χ2v) is 5.17. The van der Waals surface area contributed by atoms with Crippen molar-refractivity contribution in [3.8, 4) is 5.75 Å². The Morgan fingerprint density at radius 1 is 1.55 bits per heavy atom. The predicted octanol–water partition coefficient (Wildman–Crippen LogP) is 1.88. The molecule has 2 atom stereocenters. The van der Waals surface area contributed by atoms with E-state index in [0.29, 0.717) is 29.4 Å². The maximum atomic E-state index is 12.2. The summed E-state index contributed by atoms with van der Waals surface area (Å²) in [5.74, 6) is 0.171. The maximum Gasteiger partial charge on any atom is 0.329 e. The number of benzene rings is 1. The van der Waals surface area contributed by atoms with Gasteiger partial charge in [-0.2, -0.15) is 0 Å². The molecule has 2 bridgehead atoms. The summed E-state index contributed by atoms with van der Waals surface area (Å²) in [6, 6.07) is 4.11. The molecule has 2 aliphatic heterocycles. The van der Waals surface area contributed by atoms with Crippen molar-refractivity contribution in [2.75, 3.05) is 19.0 Å². The Bertz CT molecular complexity index is 577. The summed E-state index contributed by atoms with van der Waals surface area (Å²) in [6.45, 7) is 0.422. The topological polar surface area (TPSA) is 67.9 Å². The molecule has 2 saturated heterocycles. The van der Waals surface area contributed by atoms with E-state index in [2.05, 4.69) is 5.32 Å². The quantitative estimate of drug-likeness (QED) is 0.846. The number of rotatable bonds is 2. The van der Waals surface area contributed by atoms with Crippen molar-refractivity contribution in [1.29, 1.82) is 0 Å². The lowest BCUT2D eigenvalue weighted by Crippen LogP contribution is -2.46. The minimum atomic E-state index is -0.481. The molecule has 3 rings (SSSR count). The van der Waals surface area contributed by atoms with Crippen LogP contribution in [0, 0.1) is 0 Å². The van der Waals surface area contributed by atoms with Crippen molar-refractivity contribution in [2.24, 2.45) is 0 Å². The van der Waals surface area contributed by atoms with Crippen molar-refractivity contribution < 1.29 is 19.1 Å². The Balaban J connectivity index is 1.77. The molecule has 7 heteroatoms. The van der Waals surface area contributed by atoms with Crippen molar-refractivity contribution in [1.82, 2.24) is 4.90 Å². The average Bonchev–Trinajstić information content (AvgIpc) is 2.98. The Morgan fingerprint density at radius 2 is 2.35 bits per heavy atom. The van der Waals surface area contributed by atoms with E-state index in [4.69, 9.17) is 21.1 Å². The first-order valence-corrected chi connectivity index (χ1v) is 6.58. The largest absolute Gasteiger partial charge is 0.495 e. The van der Waals surface area contributed by atoms with E-state index in [-0.39, 0.29) is 18.1 Å². The van der Waals surface area contributed by atoms with Crippen LogP contribution in [0.25, 0.3) is 0 Å². The van der Waals surface area contributed by atoms with Gasteiger partial charge >= 0.3 is 12.0 Å². The average molecular weight is 297 g/mol. The van der Waals surface area contributed by atoms with Crippen LogP contribution < -0.4 is 10.1 Å². The fourth-order valence-corrected chi connectivity index (χ4v) is 2.71. The Labute approximate surface area is 120 Å². The summed E-state index contributed by atoms with van der Waals surface area (Å²) in [5, 5.41) is 3.21. The van der Waals surface area contributed by atoms with Gasteiger partial charge in [0.25, 0.3) is 0 Å². The number of urea groups is 1. The summed E-state index contributed by atoms with van der Waals surface area (Å²) in [6.07, 6.45) is 0.387. The normalized spacial score (nSPS) is 23.7. The number of carbonyl (C=O) groups excluding carboxylic acids is 2. The number of amides is 2. The van der Waals surface area contributed by atoms with Gasteiger partial charge in [-0.1, -0.05) is 11.6 Å². The lowest BCUT2D eigenvalue weighted by Gasteiger charge is -2.26. The Kier molecular flexibility index (Phi) is 3.17. The molecular formula is C13H13ClN2O4. The monoisotopic (exact) mass is 296 g/mol. The third-order valence-electron chi connectivity index (χ3n) is 3.48. The van der Waals surface area contributed by atoms with Gasteiger partial charge in [-0.05, 0) is 18.2 Å². The number of morpholine rings is 1. The van der Waals surface area contributed by atoms with Gasteiger partial charge in [0.2, 0.25) is 0 Å². The molecule has 0 aromatic heterocycles. The second kappa shape index (κ2) is 4.86. The molecule has 2 heterocycles. The number of nitrogens with zero attached hydrogens (tertiary/aromatic N) is 1. The molecule has 0 aliphatic carbocycles. The summed E-state index contributed by atoms with van der Waals surface area (Å²) in [4.78, 5) is 25.2. The molecule has 6 nitrogen and oxygen atoms in total. The molecule has 2 unspecified atom stereocenters. The van der Waals surface area contributed by atoms with Crippen molar-refractivity contribution in [3.05, 3.63) is 23.2 Å². The first-order valence-electron chi connectivity index (χ1n) is 6.20. The molecule has 1 N–H and O–H groups in total. The third-order valence-corrected chi connectivity index (χ3v) is 3.72. The molecule has 0 spiro atoms. The molecule has 0 radical (unpaired) electrons. The van der Waals surface area contributed by atoms with Crippen molar-refractivity contribution in [3.63, 3.8) is 0 Å². The number of hydrogen-bond acceptors (Lipinski definition) is 4. The summed E-state index contributed by atoms with van der Waals surface area (Å²) in [7, 11) is 1.51. The molecule has 1 aromatic rings. The zero-order valence-electron chi connectivity index (χ0n) is 10.8. The van der Waals surface area contributed by atoms with Crippen LogP contribution in [0.1, 0.15) is 6.42 Å². The van der Waals surface area contributed by atoms with Crippen LogP contribution in [0.3, 0.4) is 0 Å². The van der Waals surface area contributed by atoms with Crippen LogP contribution in [-0.4, -0.2) is 42.7 Å². The number of anilines is 1. The molecule has 20 heavy (non-hydrogen) atoms. The number of esters is 1. The van der Waals surface area contributed by atoms with Gasteiger partial charge < -0.3 is 19.7 Å². The number of hydrogen-bond donors (Lipinski definition) is 1. The van der Waals surface area contributed by atoms with E-state index in [1.54, 1.807) is 18.2 Å². The van der Waals surface area contributed by atoms with E-state index in [1.807, 2.05) is 0 Å². The first-order chi connectivity index (χ1) is 9.58. The highest BCUT2D eigenvalue weighted by Gasteiger charge is 2.48. The lowest BCUT2D eigenvalue weighted by molar-refractivity contribution is -0.149. The number of fused-ring (bicyclic) bond motifs is 2. The molecular weight excluding hydrogens is 284 g/mol. The number of carbonyl (C=O) groups is 2. The van der Waals surface area contributed by atoms with Gasteiger partial charge in [0, 0.05) is 11.4 Å². The number of ether oxygens (including phenoxy) is 2. The SMILES string of the molecule is COc1ccc(Cl)cc1NC(=O)N1CC2CC1C(=O)O2. The molecule has 0 saturated carbocycles. The van der Waals surface area contributed by atoms with Gasteiger partial charge in [0.15, 0.2) is 0 Å². The maximum absolute atomic E-state index is 12.2. The van der Waals surface area contributed by atoms with Crippen LogP contribution >= 0.6 is 11.6 Å². The van der Waals surface area contributed by atoms with Crippen molar-refractivity contribution in [2.45, 2.75) is 18.6 Å². The fourth-order valence-electron chi connectivity index (χ4n) is 2.54. The molecule has 2 aliphatic rings. The summed E-state index contributed by atoms with van der Waals surface area (Å²) >= 11 is 5.91. The molecule has 2 amide bonds. The molecule has 106 valence electrons. The van der Waals surface area contributed by atoms with Gasteiger partial charge in [0.05, 0.1) is 19.3 Å². The number of halogens is 1. The number of nitrogens with one attached hydrogen (secondary N) is 1. The van der Waals surface area contributed by atoms with E-state index >= 15 is 0 Å². The van der Waals surface area contributed by atoms with Crippen LogP contribution in [0.5, 0.6) is 5.75 Å². The second-order valence-electron chi connectivity index (χ2n) is 4.74. The molecule has 1 aromatic carbocycles. The predicted molar refractivity (Wildman–Crippen MR) is 72.0 cm³/mol. The fraction of sp³-hybridized carbons (Fsp3) is 0.385. The van der Waals surface area contributed by atoms with E-state index in [1.165, 1.54) is 12.0 Å². The summed E-state index contributed by atoms with van der Waals surface area (Å²) in [5.41, 5.74) is 0.473. The van der Waals surface area contributed by atoms with E-state index in [9.17, 15) is 9.59 Å². The first kappa shape index (κ1) is 13.1. The Morgan fingerprint density at radius 3 is 3.00 bits per heavy atom. The lowest BCUT2D eigenvalue weighted by atomic mass is 10.2. The van der Waals surface area contributed by atoms with Gasteiger partial charge in [-0.25, -0.2) is 9.59 Å². The highest BCUT2D eigenvalue weighted by Crippen LogP contribution is 2.31. The smallest absolute Gasteiger partial charge is 0.329 e. The van der Waals surface area contributed by atoms with Crippen LogP contribution in [0.15, 0.2) is 18.2 Å². The minimum Gasteiger partial charge on any atom is -0.495 e. The highest BCUT2D eigenvalue weighted by molar-refractivity contribution is 6.31. The van der Waals surface area contributed by atoms with Gasteiger partial charge in [0.1, 0.15) is 17.9 Å². The standard InChI is InChI=1S/C13H13ClN2O4/c1-19-11-3-2-7(14)4-9(11)15-13(18)16-6-8-5-10(16)12(17)20-8/h2-4,8,10H,5-6H2,1H3,(H,15,18). The third kappa shape index (κ3) is 2.16. The van der Waals surface area contributed by atoms with Crippen LogP contribution in [-0.2, 0) is 9.53 Å². The van der Waals surface area contributed by atoms with E-state index < -0.39 is 6.04 Å². The zero-order valence-corrected chi connectivity index (χ0v) is 11.5. The number of likely N-dealkylation sites (tertiary alicyclic amines) is 1. The van der Waals surface area contributed by atoms with Crippen LogP contribution in [0.4, 0.5) is 10.5 Å². The zero-order chi connectivity index (χ0) is 14.3. The van der Waals surface area contributed by atoms with Crippen LogP contribution in [0.2, 0.25) is 5.02 Å². The van der Waals surface area contributed by atoms with Gasteiger partial charge in [-0.15, -0.1) is 0 Å². The Hall–Kier alpha value is -1.95. The molecule has 2 fully saturated rings. The van der Waals surface area contributed by atoms with E-state index in [0.717, 1.165) is 0 Å². The minimum absolute atomic E-state index is 0.181. The van der Waals surface area contributed by atoms with Gasteiger partial charge in [-0.3, -0.25) is 0 Å². The number of methoxy groups -OCH3 is 1.